The van der Waals surface area contributed by atoms with Gasteiger partial charge in [-0.15, -0.1) is 0 Å². The fourth-order valence-corrected chi connectivity index (χ4v) is 3.69. The summed E-state index contributed by atoms with van der Waals surface area (Å²) in [5, 5.41) is 0. The molecule has 1 fully saturated rings. The maximum atomic E-state index is 11.9. The van der Waals surface area contributed by atoms with Crippen LogP contribution in [0.15, 0.2) is 24.3 Å². The molecule has 1 atom stereocenters. The zero-order valence-corrected chi connectivity index (χ0v) is 10.4. The van der Waals surface area contributed by atoms with Crippen LogP contribution in [0.25, 0.3) is 0 Å². The molecule has 2 rings (SSSR count). The van der Waals surface area contributed by atoms with E-state index in [-0.39, 0.29) is 11.4 Å². The summed E-state index contributed by atoms with van der Waals surface area (Å²) < 4.78 is 29.7. The average Bonchev–Trinajstić information content (AvgIpc) is 2.48. The minimum atomic E-state index is -3.57. The van der Waals surface area contributed by atoms with Gasteiger partial charge < -0.3 is 4.74 Å². The minimum absolute atomic E-state index is 0.149. The molecule has 0 saturated carbocycles. The molecule has 5 nitrogen and oxygen atoms in total. The summed E-state index contributed by atoms with van der Waals surface area (Å²) in [6.45, 7) is 1.61. The van der Waals surface area contributed by atoms with Gasteiger partial charge in [0.15, 0.2) is 0 Å². The third-order valence-corrected chi connectivity index (χ3v) is 4.52. The topological polar surface area (TPSA) is 63.7 Å². The predicted octanol–water partition coefficient (Wildman–Crippen LogP) is 1.01. The number of rotatable bonds is 2. The first-order valence-corrected chi connectivity index (χ1v) is 6.78. The van der Waals surface area contributed by atoms with Gasteiger partial charge in [-0.25, -0.2) is 12.7 Å². The van der Waals surface area contributed by atoms with Gasteiger partial charge in [0.05, 0.1) is 18.8 Å². The Morgan fingerprint density at radius 3 is 2.53 bits per heavy atom. The van der Waals surface area contributed by atoms with Gasteiger partial charge in [0, 0.05) is 0 Å². The predicted molar refractivity (Wildman–Crippen MR) is 63.4 cm³/mol. The maximum Gasteiger partial charge on any atom is 0.244 e. The monoisotopic (exact) mass is 255 g/mol. The van der Waals surface area contributed by atoms with E-state index in [0.717, 1.165) is 4.31 Å². The lowest BCUT2D eigenvalue weighted by atomic mass is 10.2. The molecule has 0 aliphatic carbocycles. The van der Waals surface area contributed by atoms with Crippen LogP contribution >= 0.6 is 0 Å². The molecule has 1 heterocycles. The molecule has 0 N–H and O–H groups in total. The summed E-state index contributed by atoms with van der Waals surface area (Å²) in [5.74, 6) is -0.693. The van der Waals surface area contributed by atoms with Gasteiger partial charge in [-0.3, -0.25) is 4.79 Å². The number of anilines is 1. The summed E-state index contributed by atoms with van der Waals surface area (Å²) in [6, 6.07) is 6.58. The van der Waals surface area contributed by atoms with Gasteiger partial charge in [-0.05, 0) is 12.1 Å². The van der Waals surface area contributed by atoms with Crippen LogP contribution < -0.4 is 9.04 Å². The molecule has 1 aliphatic heterocycles. The van der Waals surface area contributed by atoms with Crippen LogP contribution in [0.1, 0.15) is 6.92 Å². The second-order valence-electron chi connectivity index (χ2n) is 3.95. The van der Waals surface area contributed by atoms with E-state index in [2.05, 4.69) is 0 Å². The Labute approximate surface area is 100 Å². The van der Waals surface area contributed by atoms with Crippen molar-refractivity contribution >= 4 is 21.6 Å². The number of amides is 1. The van der Waals surface area contributed by atoms with Crippen LogP contribution in [0.2, 0.25) is 0 Å². The van der Waals surface area contributed by atoms with Crippen molar-refractivity contribution in [3.63, 3.8) is 0 Å². The molecule has 1 unspecified atom stereocenters. The number of carbonyl (C=O) groups is 1. The van der Waals surface area contributed by atoms with Gasteiger partial charge in [0.25, 0.3) is 0 Å². The second kappa shape index (κ2) is 4.03. The Kier molecular flexibility index (Phi) is 2.82. The van der Waals surface area contributed by atoms with Crippen LogP contribution in [-0.2, 0) is 14.8 Å². The van der Waals surface area contributed by atoms with Crippen molar-refractivity contribution in [1.29, 1.82) is 0 Å². The number of hydrogen-bond acceptors (Lipinski definition) is 4. The highest BCUT2D eigenvalue weighted by Crippen LogP contribution is 2.34. The van der Waals surface area contributed by atoms with Crippen LogP contribution in [0.5, 0.6) is 5.75 Å². The number of benzene rings is 1. The zero-order chi connectivity index (χ0) is 12.6. The molecule has 1 aromatic carbocycles. The van der Waals surface area contributed by atoms with E-state index < -0.39 is 21.8 Å². The molecule has 1 aromatic rings. The smallest absolute Gasteiger partial charge is 0.244 e. The third kappa shape index (κ3) is 1.88. The van der Waals surface area contributed by atoms with E-state index in [1.807, 2.05) is 0 Å². The molecular weight excluding hydrogens is 242 g/mol. The van der Waals surface area contributed by atoms with Crippen molar-refractivity contribution in [2.75, 3.05) is 17.2 Å². The number of nitrogens with zero attached hydrogens (tertiary/aromatic N) is 1. The van der Waals surface area contributed by atoms with E-state index in [9.17, 15) is 13.2 Å². The second-order valence-corrected chi connectivity index (χ2v) is 5.82. The van der Waals surface area contributed by atoms with Crippen LogP contribution in [0.3, 0.4) is 0 Å². The number of sulfonamides is 1. The SMILES string of the molecule is COc1ccccc1N1C(=O)C(C)CS1(=O)=O. The molecule has 17 heavy (non-hydrogen) atoms. The number of ether oxygens (including phenoxy) is 1. The number of hydrogen-bond donors (Lipinski definition) is 0. The molecular formula is C11H13NO4S. The summed E-state index contributed by atoms with van der Waals surface area (Å²) in [7, 11) is -2.13. The quantitative estimate of drug-likeness (QED) is 0.791. The first kappa shape index (κ1) is 11.9. The van der Waals surface area contributed by atoms with E-state index >= 15 is 0 Å². The number of methoxy groups -OCH3 is 1. The van der Waals surface area contributed by atoms with E-state index in [4.69, 9.17) is 4.74 Å². The molecule has 0 aromatic heterocycles. The van der Waals surface area contributed by atoms with E-state index in [1.54, 1.807) is 31.2 Å². The van der Waals surface area contributed by atoms with Gasteiger partial charge in [-0.2, -0.15) is 0 Å². The van der Waals surface area contributed by atoms with Crippen LogP contribution in [-0.4, -0.2) is 27.2 Å². The summed E-state index contributed by atoms with van der Waals surface area (Å²) >= 11 is 0. The Morgan fingerprint density at radius 2 is 2.00 bits per heavy atom. The maximum absolute atomic E-state index is 11.9. The van der Waals surface area contributed by atoms with Gasteiger partial charge in [0.1, 0.15) is 11.4 Å². The zero-order valence-electron chi connectivity index (χ0n) is 9.58. The van der Waals surface area contributed by atoms with Crippen molar-refractivity contribution in [3.05, 3.63) is 24.3 Å². The average molecular weight is 255 g/mol. The van der Waals surface area contributed by atoms with Gasteiger partial charge in [0.2, 0.25) is 15.9 Å². The highest BCUT2D eigenvalue weighted by Gasteiger charge is 2.42. The van der Waals surface area contributed by atoms with Crippen LogP contribution in [0, 0.1) is 5.92 Å². The molecule has 92 valence electrons. The molecule has 0 radical (unpaired) electrons. The lowest BCUT2D eigenvalue weighted by Gasteiger charge is -2.17. The summed E-state index contributed by atoms with van der Waals surface area (Å²) in [4.78, 5) is 11.9. The number of carbonyl (C=O) groups excluding carboxylic acids is 1. The fraction of sp³-hybridized carbons (Fsp3) is 0.364. The van der Waals surface area contributed by atoms with Crippen molar-refractivity contribution in [2.24, 2.45) is 5.92 Å². The number of para-hydroxylation sites is 2. The molecule has 0 spiro atoms. The van der Waals surface area contributed by atoms with Gasteiger partial charge >= 0.3 is 0 Å². The first-order valence-electron chi connectivity index (χ1n) is 5.17. The standard InChI is InChI=1S/C11H13NO4S/c1-8-7-17(14,15)12(11(8)13)9-5-3-4-6-10(9)16-2/h3-6,8H,7H2,1-2H3. The fourth-order valence-electron chi connectivity index (χ4n) is 1.87. The highest BCUT2D eigenvalue weighted by atomic mass is 32.2. The summed E-state index contributed by atoms with van der Waals surface area (Å²) in [5.41, 5.74) is 0.282. The van der Waals surface area contributed by atoms with E-state index in [1.165, 1.54) is 7.11 Å². The Morgan fingerprint density at radius 1 is 1.35 bits per heavy atom. The lowest BCUT2D eigenvalue weighted by Crippen LogP contribution is -2.30. The summed E-state index contributed by atoms with van der Waals surface area (Å²) in [6.07, 6.45) is 0. The normalized spacial score (nSPS) is 22.8. The van der Waals surface area contributed by atoms with Crippen molar-refractivity contribution < 1.29 is 17.9 Å². The molecule has 0 bridgehead atoms. The molecule has 1 amide bonds. The highest BCUT2D eigenvalue weighted by molar-refractivity contribution is 7.94. The van der Waals surface area contributed by atoms with E-state index in [0.29, 0.717) is 5.75 Å². The molecule has 1 aliphatic rings. The van der Waals surface area contributed by atoms with Crippen LogP contribution in [0.4, 0.5) is 5.69 Å². The Balaban J connectivity index is 2.56. The largest absolute Gasteiger partial charge is 0.495 e. The third-order valence-electron chi connectivity index (χ3n) is 2.66. The van der Waals surface area contributed by atoms with Gasteiger partial charge in [-0.1, -0.05) is 19.1 Å². The Hall–Kier alpha value is -1.56. The minimum Gasteiger partial charge on any atom is -0.495 e. The van der Waals surface area contributed by atoms with Crippen molar-refractivity contribution in [3.8, 4) is 5.75 Å². The van der Waals surface area contributed by atoms with Crippen molar-refractivity contribution in [1.82, 2.24) is 0 Å². The Bertz CT molecular complexity index is 552. The lowest BCUT2D eigenvalue weighted by molar-refractivity contribution is -0.119. The molecule has 6 heteroatoms. The van der Waals surface area contributed by atoms with Crippen molar-refractivity contribution in [2.45, 2.75) is 6.92 Å². The molecule has 1 saturated heterocycles. The first-order chi connectivity index (χ1) is 7.97.